The van der Waals surface area contributed by atoms with E-state index >= 15 is 0 Å². The number of H-pyrrole nitrogens is 1. The number of anilines is 2. The molecule has 4 aromatic rings. The van der Waals surface area contributed by atoms with E-state index in [1.807, 2.05) is 18.2 Å². The van der Waals surface area contributed by atoms with Crippen molar-refractivity contribution in [1.82, 2.24) is 45.2 Å². The van der Waals surface area contributed by atoms with Gasteiger partial charge in [0.25, 0.3) is 5.91 Å². The second kappa shape index (κ2) is 16.2. The molecular weight excluding hydrogens is 775 g/mol. The highest BCUT2D eigenvalue weighted by Gasteiger charge is 2.42. The number of fused-ring (bicyclic) bond motifs is 2. The third kappa shape index (κ3) is 8.00. The summed E-state index contributed by atoms with van der Waals surface area (Å²) in [5, 5.41) is 11.1. The molecule has 0 bridgehead atoms. The van der Waals surface area contributed by atoms with E-state index in [4.69, 9.17) is 9.47 Å². The maximum absolute atomic E-state index is 13.4. The number of aromatic amines is 1. The van der Waals surface area contributed by atoms with Gasteiger partial charge in [0.2, 0.25) is 17.7 Å². The number of aromatic nitrogens is 5. The van der Waals surface area contributed by atoms with Gasteiger partial charge in [0.1, 0.15) is 35.2 Å². The number of methoxy groups -OCH3 is 1. The highest BCUT2D eigenvalue weighted by molar-refractivity contribution is 6.06. The first kappa shape index (κ1) is 39.8. The number of amides is 3. The number of piperidine rings is 3. The Hall–Kier alpha value is -5.35. The molecule has 61 heavy (non-hydrogen) atoms. The molecule has 1 aromatic carbocycles. The van der Waals surface area contributed by atoms with Crippen molar-refractivity contribution in [3.8, 4) is 23.0 Å². The van der Waals surface area contributed by atoms with Gasteiger partial charge in [0.05, 0.1) is 36.7 Å². The van der Waals surface area contributed by atoms with Crippen molar-refractivity contribution in [2.45, 2.75) is 89.4 Å². The van der Waals surface area contributed by atoms with Crippen LogP contribution in [-0.4, -0.2) is 141 Å². The number of imide groups is 1. The second-order valence-electron chi connectivity index (χ2n) is 18.5. The van der Waals surface area contributed by atoms with E-state index in [-0.39, 0.29) is 23.8 Å². The lowest BCUT2D eigenvalue weighted by Gasteiger charge is -2.44. The van der Waals surface area contributed by atoms with Gasteiger partial charge in [-0.25, -0.2) is 15.0 Å². The minimum absolute atomic E-state index is 0.102. The third-order valence-electron chi connectivity index (χ3n) is 14.2. The van der Waals surface area contributed by atoms with Crippen molar-refractivity contribution >= 4 is 40.1 Å². The highest BCUT2D eigenvalue weighted by Crippen LogP contribution is 2.42. The second-order valence-corrected chi connectivity index (χ2v) is 18.5. The Morgan fingerprint density at radius 3 is 2.39 bits per heavy atom. The summed E-state index contributed by atoms with van der Waals surface area (Å²) in [6.45, 7) is 14.2. The van der Waals surface area contributed by atoms with E-state index in [1.54, 1.807) is 24.5 Å². The van der Waals surface area contributed by atoms with Crippen LogP contribution in [0, 0.1) is 11.8 Å². The number of ether oxygens (including phenoxy) is 2. The largest absolute Gasteiger partial charge is 0.494 e. The molecule has 0 spiro atoms. The molecule has 1 saturated carbocycles. The van der Waals surface area contributed by atoms with Crippen LogP contribution in [0.1, 0.15) is 81.1 Å². The van der Waals surface area contributed by atoms with Crippen LogP contribution >= 0.6 is 0 Å². The minimum Gasteiger partial charge on any atom is -0.494 e. The van der Waals surface area contributed by atoms with E-state index in [0.29, 0.717) is 42.3 Å². The van der Waals surface area contributed by atoms with Gasteiger partial charge in [-0.2, -0.15) is 5.10 Å². The molecule has 16 nitrogen and oxygen atoms in total. The Balaban J connectivity index is 0.686. The van der Waals surface area contributed by atoms with Crippen molar-refractivity contribution in [2.75, 3.05) is 75.8 Å². The van der Waals surface area contributed by atoms with E-state index < -0.39 is 11.9 Å². The molecule has 2 N–H and O–H groups in total. The number of hydrogen-bond donors (Lipinski definition) is 2. The molecule has 0 radical (unpaired) electrons. The van der Waals surface area contributed by atoms with Crippen LogP contribution in [-0.2, 0) is 16.1 Å². The predicted octanol–water partition coefficient (Wildman–Crippen LogP) is 4.25. The molecule has 3 aromatic heterocycles. The van der Waals surface area contributed by atoms with Gasteiger partial charge in [-0.1, -0.05) is 0 Å². The monoisotopic (exact) mass is 831 g/mol. The van der Waals surface area contributed by atoms with Gasteiger partial charge in [-0.3, -0.25) is 29.7 Å². The zero-order chi connectivity index (χ0) is 41.8. The van der Waals surface area contributed by atoms with Crippen LogP contribution in [0.25, 0.3) is 22.3 Å². The van der Waals surface area contributed by atoms with Gasteiger partial charge in [0, 0.05) is 100 Å². The van der Waals surface area contributed by atoms with Crippen LogP contribution < -0.4 is 24.6 Å². The Labute approximate surface area is 356 Å². The summed E-state index contributed by atoms with van der Waals surface area (Å²) in [6.07, 6.45) is 10.6. The van der Waals surface area contributed by atoms with Crippen LogP contribution in [0.2, 0.25) is 0 Å². The number of hydrogen-bond acceptors (Lipinski definition) is 13. The molecule has 6 aliphatic rings. The predicted molar refractivity (Wildman–Crippen MR) is 230 cm³/mol. The Morgan fingerprint density at radius 2 is 1.66 bits per heavy atom. The lowest BCUT2D eigenvalue weighted by Crippen LogP contribution is -2.54. The number of pyridine rings is 1. The molecule has 3 amide bonds. The lowest BCUT2D eigenvalue weighted by molar-refractivity contribution is -0.136. The maximum Gasteiger partial charge on any atom is 0.255 e. The fourth-order valence-electron chi connectivity index (χ4n) is 10.3. The van der Waals surface area contributed by atoms with Crippen LogP contribution in [0.15, 0.2) is 36.8 Å². The number of carbonyl (C=O) groups is 3. The summed E-state index contributed by atoms with van der Waals surface area (Å²) >= 11 is 0. The lowest BCUT2D eigenvalue weighted by atomic mass is 9.93. The number of benzene rings is 1. The topological polar surface area (TPSA) is 165 Å². The van der Waals surface area contributed by atoms with Gasteiger partial charge in [-0.15, -0.1) is 0 Å². The van der Waals surface area contributed by atoms with Crippen molar-refractivity contribution in [1.29, 1.82) is 0 Å². The van der Waals surface area contributed by atoms with E-state index in [1.165, 1.54) is 0 Å². The number of rotatable bonds is 11. The van der Waals surface area contributed by atoms with Crippen molar-refractivity contribution in [3.05, 3.63) is 47.9 Å². The average molecular weight is 832 g/mol. The fraction of sp³-hybridized carbons (Fsp3) is 0.578. The maximum atomic E-state index is 13.4. The molecule has 1 aliphatic carbocycles. The number of nitrogens with zero attached hydrogens (tertiary/aromatic N) is 9. The zero-order valence-corrected chi connectivity index (χ0v) is 35.6. The third-order valence-corrected chi connectivity index (χ3v) is 14.2. The van der Waals surface area contributed by atoms with E-state index in [2.05, 4.69) is 70.0 Å². The Kier molecular flexibility index (Phi) is 10.5. The Bertz CT molecular complexity index is 2310. The number of nitrogens with one attached hydrogen (secondary N) is 2. The molecule has 322 valence electrons. The van der Waals surface area contributed by atoms with Gasteiger partial charge in [-0.05, 0) is 82.8 Å². The van der Waals surface area contributed by atoms with Crippen LogP contribution in [0.3, 0.4) is 0 Å². The van der Waals surface area contributed by atoms with E-state index in [0.717, 1.165) is 143 Å². The molecule has 10 rings (SSSR count). The zero-order valence-electron chi connectivity index (χ0n) is 35.6. The minimum atomic E-state index is -0.643. The normalized spacial score (nSPS) is 24.0. The van der Waals surface area contributed by atoms with Gasteiger partial charge in [0.15, 0.2) is 0 Å². The van der Waals surface area contributed by atoms with Crippen molar-refractivity contribution in [2.24, 2.45) is 11.8 Å². The summed E-state index contributed by atoms with van der Waals surface area (Å²) in [7, 11) is 1.66. The Morgan fingerprint density at radius 1 is 0.885 bits per heavy atom. The number of piperazine rings is 1. The molecule has 5 aliphatic heterocycles. The van der Waals surface area contributed by atoms with Crippen molar-refractivity contribution in [3.63, 3.8) is 0 Å². The van der Waals surface area contributed by atoms with Crippen LogP contribution in [0.4, 0.5) is 11.5 Å². The molecule has 5 fully saturated rings. The first-order valence-corrected chi connectivity index (χ1v) is 22.3. The molecule has 8 heterocycles. The van der Waals surface area contributed by atoms with Crippen molar-refractivity contribution < 1.29 is 23.9 Å². The molecule has 2 atom stereocenters. The molecular formula is C45H57N11O5. The summed E-state index contributed by atoms with van der Waals surface area (Å²) in [4.78, 5) is 63.3. The molecule has 1 unspecified atom stereocenters. The molecule has 16 heteroatoms. The first-order chi connectivity index (χ1) is 29.6. The van der Waals surface area contributed by atoms with Gasteiger partial charge < -0.3 is 29.1 Å². The summed E-state index contributed by atoms with van der Waals surface area (Å²) in [5.74, 6) is 2.73. The summed E-state index contributed by atoms with van der Waals surface area (Å²) in [5.41, 5.74) is 4.76. The van der Waals surface area contributed by atoms with Crippen LogP contribution in [0.5, 0.6) is 11.6 Å². The fourth-order valence-corrected chi connectivity index (χ4v) is 10.3. The molecule has 4 saturated heterocycles. The number of carbonyl (C=O) groups excluding carboxylic acids is 3. The smallest absolute Gasteiger partial charge is 0.255 e. The SMILES string of the molecule is COc1c(N2CCC(CN3CCN(CC4CCN(c5cc(-c6n[nH]c7cnc(OC8(C)CC8)cc67)ncn5)CC4)C[C@@H]3C)CC2)ccc2c1CN(C1CCC(=O)NC1=O)C2=O. The highest BCUT2D eigenvalue weighted by atomic mass is 16.5. The van der Waals surface area contributed by atoms with E-state index in [9.17, 15) is 14.4 Å². The standard InChI is InChI=1S/C45H57N11O5/c1-28-23-52(24-29-10-16-54(17-11-29)38-21-34(47-27-48-38)41-32-20-40(61-45(2)12-13-45)46-22-35(32)50-51-41)18-19-55(28)25-30-8-14-53(15-9-30)36-5-4-31-33(42(36)60-3)26-56(44(31)59)37-6-7-39(57)49-43(37)58/h4-5,20-22,27-30,37H,6-19,23-26H2,1-3H3,(H,50,51)(H,49,57,58)/t28-,37?/m0/s1. The summed E-state index contributed by atoms with van der Waals surface area (Å²) in [6, 6.07) is 7.80. The average Bonchev–Trinajstić information content (AvgIpc) is 3.68. The first-order valence-electron chi connectivity index (χ1n) is 22.3. The quantitative estimate of drug-likeness (QED) is 0.206. The summed E-state index contributed by atoms with van der Waals surface area (Å²) < 4.78 is 12.1. The van der Waals surface area contributed by atoms with Gasteiger partial charge >= 0.3 is 0 Å².